The maximum Gasteiger partial charge on any atom is 0.339 e. The Hall–Kier alpha value is -2.61. The highest BCUT2D eigenvalue weighted by molar-refractivity contribution is 7.84. The van der Waals surface area contributed by atoms with Gasteiger partial charge in [0.2, 0.25) is 0 Å². The molecule has 0 spiro atoms. The summed E-state index contributed by atoms with van der Waals surface area (Å²) in [6.07, 6.45) is 2.99. The number of hydrogen-bond donors (Lipinski definition) is 2. The van der Waals surface area contributed by atoms with Crippen LogP contribution in [0.5, 0.6) is 5.75 Å². The first-order valence-electron chi connectivity index (χ1n) is 8.39. The molecule has 146 valence electrons. The van der Waals surface area contributed by atoms with Gasteiger partial charge in [-0.2, -0.15) is 0 Å². The summed E-state index contributed by atoms with van der Waals surface area (Å²) in [6, 6.07) is 11.8. The van der Waals surface area contributed by atoms with Crippen molar-refractivity contribution in [1.82, 2.24) is 0 Å². The number of carboxylic acids is 1. The van der Waals surface area contributed by atoms with E-state index >= 15 is 0 Å². The predicted octanol–water partition coefficient (Wildman–Crippen LogP) is 3.94. The minimum absolute atomic E-state index is 0.00657. The molecule has 0 saturated carbocycles. The predicted molar refractivity (Wildman–Crippen MR) is 107 cm³/mol. The SMILES string of the molecule is NCCOc1c(-c2ccoc2)ccc(CS(=O)c2cccc(Cl)c2)c1C(=O)O. The number of rotatable bonds is 8. The van der Waals surface area contributed by atoms with Gasteiger partial charge < -0.3 is 20.0 Å². The number of furan rings is 1. The molecular weight excluding hydrogens is 402 g/mol. The first-order chi connectivity index (χ1) is 13.5. The second-order valence-corrected chi connectivity index (χ2v) is 7.77. The molecule has 0 aliphatic carbocycles. The zero-order chi connectivity index (χ0) is 20.1. The van der Waals surface area contributed by atoms with Crippen molar-refractivity contribution in [3.63, 3.8) is 0 Å². The number of carbonyl (C=O) groups is 1. The van der Waals surface area contributed by atoms with Crippen LogP contribution in [-0.4, -0.2) is 28.4 Å². The quantitative estimate of drug-likeness (QED) is 0.573. The summed E-state index contributed by atoms with van der Waals surface area (Å²) >= 11 is 5.96. The van der Waals surface area contributed by atoms with Gasteiger partial charge >= 0.3 is 5.97 Å². The first-order valence-corrected chi connectivity index (χ1v) is 10.1. The molecule has 1 aromatic heterocycles. The Balaban J connectivity index is 2.06. The van der Waals surface area contributed by atoms with Crippen LogP contribution in [0.1, 0.15) is 15.9 Å². The minimum atomic E-state index is -1.48. The molecule has 0 aliphatic heterocycles. The van der Waals surface area contributed by atoms with E-state index in [4.69, 9.17) is 26.5 Å². The van der Waals surface area contributed by atoms with Gasteiger partial charge in [0, 0.05) is 27.6 Å². The molecule has 0 radical (unpaired) electrons. The van der Waals surface area contributed by atoms with Crippen molar-refractivity contribution in [1.29, 1.82) is 0 Å². The molecule has 3 N–H and O–H groups in total. The van der Waals surface area contributed by atoms with Crippen LogP contribution in [0.2, 0.25) is 5.02 Å². The Bertz CT molecular complexity index is 1000. The molecule has 1 heterocycles. The van der Waals surface area contributed by atoms with Gasteiger partial charge in [0.25, 0.3) is 0 Å². The lowest BCUT2D eigenvalue weighted by atomic mass is 9.99. The van der Waals surface area contributed by atoms with Gasteiger partial charge in [-0.25, -0.2) is 4.79 Å². The number of halogens is 1. The van der Waals surface area contributed by atoms with E-state index in [-0.39, 0.29) is 30.2 Å². The lowest BCUT2D eigenvalue weighted by Gasteiger charge is -2.16. The Morgan fingerprint density at radius 2 is 2.07 bits per heavy atom. The van der Waals surface area contributed by atoms with Crippen LogP contribution < -0.4 is 10.5 Å². The van der Waals surface area contributed by atoms with E-state index in [1.165, 1.54) is 12.5 Å². The summed E-state index contributed by atoms with van der Waals surface area (Å²) in [5.74, 6) is -0.984. The average molecular weight is 420 g/mol. The topological polar surface area (TPSA) is 103 Å². The molecule has 0 saturated heterocycles. The zero-order valence-electron chi connectivity index (χ0n) is 14.8. The maximum absolute atomic E-state index is 12.8. The van der Waals surface area contributed by atoms with Crippen LogP contribution in [0, 0.1) is 0 Å². The smallest absolute Gasteiger partial charge is 0.339 e. The molecule has 0 fully saturated rings. The summed E-state index contributed by atoms with van der Waals surface area (Å²) in [6.45, 7) is 0.370. The standard InChI is InChI=1S/C20H18ClNO5S/c21-15-2-1-3-16(10-15)28(25)12-14-4-5-17(13-6-8-26-11-13)19(27-9-7-22)18(14)20(23)24/h1-6,8,10-11H,7,9,12,22H2,(H,23,24). The fourth-order valence-corrected chi connectivity index (χ4v) is 4.20. The lowest BCUT2D eigenvalue weighted by molar-refractivity contribution is 0.0691. The monoisotopic (exact) mass is 419 g/mol. The molecular formula is C20H18ClNO5S. The molecule has 8 heteroatoms. The second-order valence-electron chi connectivity index (χ2n) is 5.88. The molecule has 0 bridgehead atoms. The lowest BCUT2D eigenvalue weighted by Crippen LogP contribution is -2.15. The third-order valence-corrected chi connectivity index (χ3v) is 5.59. The maximum atomic E-state index is 12.8. The minimum Gasteiger partial charge on any atom is -0.491 e. The third kappa shape index (κ3) is 4.44. The molecule has 2 aromatic carbocycles. The Morgan fingerprint density at radius 3 is 2.71 bits per heavy atom. The Morgan fingerprint density at radius 1 is 1.25 bits per heavy atom. The second kappa shape index (κ2) is 9.05. The van der Waals surface area contributed by atoms with Gasteiger partial charge in [-0.1, -0.05) is 29.8 Å². The highest BCUT2D eigenvalue weighted by atomic mass is 35.5. The average Bonchev–Trinajstić information content (AvgIpc) is 3.20. The van der Waals surface area contributed by atoms with Crippen molar-refractivity contribution < 1.29 is 23.3 Å². The van der Waals surface area contributed by atoms with Crippen molar-refractivity contribution >= 4 is 28.4 Å². The van der Waals surface area contributed by atoms with Crippen LogP contribution in [0.3, 0.4) is 0 Å². The van der Waals surface area contributed by atoms with Gasteiger partial charge in [-0.3, -0.25) is 4.21 Å². The van der Waals surface area contributed by atoms with Gasteiger partial charge in [0.05, 0.1) is 29.1 Å². The molecule has 3 rings (SSSR count). The first kappa shape index (κ1) is 20.1. The van der Waals surface area contributed by atoms with Crippen LogP contribution in [0.15, 0.2) is 64.3 Å². The highest BCUT2D eigenvalue weighted by Gasteiger charge is 2.23. The number of carboxylic acid groups (broad SMARTS) is 1. The number of aromatic carboxylic acids is 1. The fraction of sp³-hybridized carbons (Fsp3) is 0.150. The van der Waals surface area contributed by atoms with E-state index in [0.717, 1.165) is 0 Å². The molecule has 1 atom stereocenters. The van der Waals surface area contributed by atoms with Gasteiger partial charge in [0.1, 0.15) is 17.9 Å². The van der Waals surface area contributed by atoms with Gasteiger partial charge in [-0.05, 0) is 29.8 Å². The number of ether oxygens (including phenoxy) is 1. The van der Waals surface area contributed by atoms with Gasteiger partial charge in [-0.15, -0.1) is 0 Å². The third-order valence-electron chi connectivity index (χ3n) is 4.00. The van der Waals surface area contributed by atoms with Crippen LogP contribution in [-0.2, 0) is 16.6 Å². The van der Waals surface area contributed by atoms with Crippen LogP contribution in [0.4, 0.5) is 0 Å². The van der Waals surface area contributed by atoms with E-state index in [2.05, 4.69) is 0 Å². The van der Waals surface area contributed by atoms with E-state index in [1.54, 1.807) is 42.5 Å². The number of benzene rings is 2. The molecule has 6 nitrogen and oxygen atoms in total. The molecule has 28 heavy (non-hydrogen) atoms. The number of nitrogens with two attached hydrogens (primary N) is 1. The Labute approximate surface area is 169 Å². The van der Waals surface area contributed by atoms with Gasteiger partial charge in [0.15, 0.2) is 0 Å². The van der Waals surface area contributed by atoms with Crippen molar-refractivity contribution in [2.75, 3.05) is 13.2 Å². The summed E-state index contributed by atoms with van der Waals surface area (Å²) in [5.41, 5.74) is 7.13. The molecule has 0 aliphatic rings. The Kier molecular flexibility index (Phi) is 6.51. The zero-order valence-corrected chi connectivity index (χ0v) is 16.3. The van der Waals surface area contributed by atoms with Crippen molar-refractivity contribution in [3.05, 3.63) is 71.1 Å². The van der Waals surface area contributed by atoms with E-state index in [1.807, 2.05) is 0 Å². The fourth-order valence-electron chi connectivity index (χ4n) is 2.77. The van der Waals surface area contributed by atoms with E-state index in [0.29, 0.717) is 26.6 Å². The normalized spacial score (nSPS) is 11.9. The summed E-state index contributed by atoms with van der Waals surface area (Å²) < 4.78 is 23.5. The molecule has 1 unspecified atom stereocenters. The van der Waals surface area contributed by atoms with Crippen LogP contribution in [0.25, 0.3) is 11.1 Å². The van der Waals surface area contributed by atoms with Crippen molar-refractivity contribution in [2.24, 2.45) is 5.73 Å². The highest BCUT2D eigenvalue weighted by Crippen LogP contribution is 2.36. The van der Waals surface area contributed by atoms with E-state index in [9.17, 15) is 14.1 Å². The molecule has 0 amide bonds. The number of hydrogen-bond acceptors (Lipinski definition) is 5. The van der Waals surface area contributed by atoms with Crippen molar-refractivity contribution in [2.45, 2.75) is 10.6 Å². The summed E-state index contributed by atoms with van der Waals surface area (Å²) in [5, 5.41) is 10.3. The summed E-state index contributed by atoms with van der Waals surface area (Å²) in [4.78, 5) is 12.6. The largest absolute Gasteiger partial charge is 0.491 e. The molecule has 3 aromatic rings. The van der Waals surface area contributed by atoms with Crippen LogP contribution >= 0.6 is 11.6 Å². The van der Waals surface area contributed by atoms with E-state index < -0.39 is 16.8 Å². The van der Waals surface area contributed by atoms with Crippen molar-refractivity contribution in [3.8, 4) is 16.9 Å². The summed E-state index contributed by atoms with van der Waals surface area (Å²) in [7, 11) is -1.48.